The van der Waals surface area contributed by atoms with E-state index in [0.717, 1.165) is 22.4 Å². The van der Waals surface area contributed by atoms with Gasteiger partial charge in [-0.05, 0) is 71.4 Å². The number of aromatic nitrogens is 2. The van der Waals surface area contributed by atoms with E-state index in [4.69, 9.17) is 0 Å². The van der Waals surface area contributed by atoms with Gasteiger partial charge in [-0.3, -0.25) is 0 Å². The Morgan fingerprint density at radius 3 is 1.24 bits per heavy atom. The van der Waals surface area contributed by atoms with Crippen molar-refractivity contribution < 1.29 is 0 Å². The quantitative estimate of drug-likeness (QED) is 0.258. The van der Waals surface area contributed by atoms with Crippen molar-refractivity contribution >= 4 is 43.6 Å². The molecular formula is C32H22N2. The minimum Gasteiger partial charge on any atom is -0.310 e. The number of benzene rings is 6. The van der Waals surface area contributed by atoms with Gasteiger partial charge < -0.3 is 9.13 Å². The van der Waals surface area contributed by atoms with Crippen LogP contribution in [0.2, 0.25) is 0 Å². The molecule has 0 amide bonds. The molecule has 1 aromatic heterocycles. The van der Waals surface area contributed by atoms with E-state index in [1.54, 1.807) is 0 Å². The summed E-state index contributed by atoms with van der Waals surface area (Å²) < 4.78 is 4.75. The molecule has 34 heavy (non-hydrogen) atoms. The van der Waals surface area contributed by atoms with Gasteiger partial charge in [0, 0.05) is 33.2 Å². The van der Waals surface area contributed by atoms with Gasteiger partial charge in [-0.25, -0.2) is 0 Å². The second-order valence-electron chi connectivity index (χ2n) is 8.71. The third kappa shape index (κ3) is 2.89. The first-order chi connectivity index (χ1) is 16.9. The van der Waals surface area contributed by atoms with E-state index in [9.17, 15) is 0 Å². The maximum Gasteiger partial charge on any atom is 0.0540 e. The van der Waals surface area contributed by atoms with Crippen LogP contribution in [0.15, 0.2) is 133 Å². The number of rotatable bonds is 2. The van der Waals surface area contributed by atoms with Crippen molar-refractivity contribution in [2.75, 3.05) is 0 Å². The first kappa shape index (κ1) is 19.0. The lowest BCUT2D eigenvalue weighted by molar-refractivity contribution is 1.15. The third-order valence-corrected chi connectivity index (χ3v) is 6.71. The largest absolute Gasteiger partial charge is 0.310 e. The highest BCUT2D eigenvalue weighted by molar-refractivity contribution is 6.04. The van der Waals surface area contributed by atoms with Gasteiger partial charge >= 0.3 is 0 Å². The Bertz CT molecular complexity index is 1700. The smallest absolute Gasteiger partial charge is 0.0540 e. The Morgan fingerprint density at radius 1 is 0.353 bits per heavy atom. The van der Waals surface area contributed by atoms with Gasteiger partial charge in [0.2, 0.25) is 0 Å². The Morgan fingerprint density at radius 2 is 0.794 bits per heavy atom. The van der Waals surface area contributed by atoms with Crippen molar-refractivity contribution in [1.29, 1.82) is 0 Å². The average Bonchev–Trinajstić information content (AvgIpc) is 2.90. The Kier molecular flexibility index (Phi) is 4.18. The molecule has 1 heterocycles. The molecule has 0 saturated heterocycles. The summed E-state index contributed by atoms with van der Waals surface area (Å²) in [5, 5.41) is 4.91. The van der Waals surface area contributed by atoms with E-state index >= 15 is 0 Å². The Labute approximate surface area is 197 Å². The molecule has 7 rings (SSSR count). The Hall–Kier alpha value is -4.56. The van der Waals surface area contributed by atoms with Crippen LogP contribution in [0.1, 0.15) is 0 Å². The fraction of sp³-hybridized carbons (Fsp3) is 0. The molecule has 0 fully saturated rings. The fourth-order valence-corrected chi connectivity index (χ4v) is 5.17. The molecule has 160 valence electrons. The van der Waals surface area contributed by atoms with Crippen molar-refractivity contribution in [3.05, 3.63) is 133 Å². The monoisotopic (exact) mass is 434 g/mol. The lowest BCUT2D eigenvalue weighted by atomic mass is 10.1. The summed E-state index contributed by atoms with van der Waals surface area (Å²) in [5.74, 6) is 0. The van der Waals surface area contributed by atoms with Crippen LogP contribution >= 0.6 is 0 Å². The van der Waals surface area contributed by atoms with E-state index in [1.165, 1.54) is 32.6 Å². The SMILES string of the molecule is c1ccc(-n2c3ccc4cccc(c4c3)n(-c3ccccc3)c3ccc4cccc2c4c3)cc1. The van der Waals surface area contributed by atoms with Crippen LogP contribution in [0.4, 0.5) is 0 Å². The van der Waals surface area contributed by atoms with E-state index in [-0.39, 0.29) is 0 Å². The van der Waals surface area contributed by atoms with Gasteiger partial charge in [0.25, 0.3) is 0 Å². The number of hydrogen-bond donors (Lipinski definition) is 0. The van der Waals surface area contributed by atoms with Crippen molar-refractivity contribution in [2.24, 2.45) is 0 Å². The van der Waals surface area contributed by atoms with E-state index < -0.39 is 0 Å². The molecule has 0 aliphatic carbocycles. The maximum atomic E-state index is 2.38. The molecule has 0 radical (unpaired) electrons. The lowest BCUT2D eigenvalue weighted by Gasteiger charge is -2.18. The van der Waals surface area contributed by atoms with Crippen molar-refractivity contribution in [2.45, 2.75) is 0 Å². The molecule has 0 unspecified atom stereocenters. The molecule has 2 nitrogen and oxygen atoms in total. The summed E-state index contributed by atoms with van der Waals surface area (Å²) in [5.41, 5.74) is 6.96. The highest BCUT2D eigenvalue weighted by Crippen LogP contribution is 2.31. The van der Waals surface area contributed by atoms with E-state index in [2.05, 4.69) is 143 Å². The first-order valence-corrected chi connectivity index (χ1v) is 11.6. The van der Waals surface area contributed by atoms with Gasteiger partial charge in [0.1, 0.15) is 0 Å². The molecule has 0 aliphatic heterocycles. The highest BCUT2D eigenvalue weighted by Gasteiger charge is 2.10. The van der Waals surface area contributed by atoms with Gasteiger partial charge in [0.05, 0.1) is 11.0 Å². The lowest BCUT2D eigenvalue weighted by Crippen LogP contribution is -2.01. The fourth-order valence-electron chi connectivity index (χ4n) is 5.17. The molecule has 0 aliphatic rings. The average molecular weight is 435 g/mol. The molecule has 0 saturated carbocycles. The number of para-hydroxylation sites is 2. The minimum absolute atomic E-state index is 1.15. The highest BCUT2D eigenvalue weighted by atomic mass is 15.0. The number of hydrogen-bond acceptors (Lipinski definition) is 0. The molecule has 0 spiro atoms. The van der Waals surface area contributed by atoms with Crippen molar-refractivity contribution in [3.63, 3.8) is 0 Å². The molecule has 0 atom stereocenters. The Balaban J connectivity index is 1.81. The second kappa shape index (κ2) is 7.50. The molecule has 4 bridgehead atoms. The predicted octanol–water partition coefficient (Wildman–Crippen LogP) is 8.44. The predicted molar refractivity (Wildman–Crippen MR) is 144 cm³/mol. The maximum absolute atomic E-state index is 2.38. The first-order valence-electron chi connectivity index (χ1n) is 11.6. The zero-order valence-corrected chi connectivity index (χ0v) is 18.6. The van der Waals surface area contributed by atoms with Gasteiger partial charge in [0.15, 0.2) is 0 Å². The molecular weight excluding hydrogens is 412 g/mol. The van der Waals surface area contributed by atoms with E-state index in [0.29, 0.717) is 0 Å². The topological polar surface area (TPSA) is 9.86 Å². The zero-order valence-electron chi connectivity index (χ0n) is 18.6. The number of nitrogens with zero attached hydrogens (tertiary/aromatic N) is 2. The van der Waals surface area contributed by atoms with Crippen LogP contribution in [0.3, 0.4) is 0 Å². The van der Waals surface area contributed by atoms with Crippen LogP contribution in [0.25, 0.3) is 55.0 Å². The summed E-state index contributed by atoms with van der Waals surface area (Å²) in [6, 6.07) is 48.0. The van der Waals surface area contributed by atoms with Crippen LogP contribution in [-0.4, -0.2) is 9.13 Å². The summed E-state index contributed by atoms with van der Waals surface area (Å²) in [6.45, 7) is 0. The summed E-state index contributed by atoms with van der Waals surface area (Å²) in [7, 11) is 0. The normalized spacial score (nSPS) is 11.5. The van der Waals surface area contributed by atoms with E-state index in [1.807, 2.05) is 0 Å². The van der Waals surface area contributed by atoms with Gasteiger partial charge in [-0.2, -0.15) is 0 Å². The molecule has 7 aromatic rings. The third-order valence-electron chi connectivity index (χ3n) is 6.71. The number of fused-ring (bicyclic) bond motifs is 2. The van der Waals surface area contributed by atoms with Crippen LogP contribution in [-0.2, 0) is 0 Å². The van der Waals surface area contributed by atoms with Gasteiger partial charge in [-0.15, -0.1) is 0 Å². The van der Waals surface area contributed by atoms with Gasteiger partial charge in [-0.1, -0.05) is 72.8 Å². The minimum atomic E-state index is 1.15. The second-order valence-corrected chi connectivity index (χ2v) is 8.71. The summed E-state index contributed by atoms with van der Waals surface area (Å²) >= 11 is 0. The van der Waals surface area contributed by atoms with Crippen LogP contribution in [0, 0.1) is 0 Å². The van der Waals surface area contributed by atoms with Crippen LogP contribution in [0.5, 0.6) is 0 Å². The molecule has 0 N–H and O–H groups in total. The summed E-state index contributed by atoms with van der Waals surface area (Å²) in [6.07, 6.45) is 0. The van der Waals surface area contributed by atoms with Crippen LogP contribution < -0.4 is 0 Å². The summed E-state index contributed by atoms with van der Waals surface area (Å²) in [4.78, 5) is 0. The molecule has 2 heteroatoms. The van der Waals surface area contributed by atoms with Crippen molar-refractivity contribution in [1.82, 2.24) is 9.13 Å². The standard InChI is InChI=1S/C32H22N2/c1-3-11-25(12-4-1)33-27-19-17-24-10-8-16-32(30(24)21-27)34(26-13-5-2-6-14-26)28-20-18-23-9-7-15-31(33)29(23)22-28/h1-22H. The van der Waals surface area contributed by atoms with Crippen molar-refractivity contribution in [3.8, 4) is 11.4 Å². The zero-order chi connectivity index (χ0) is 22.5. The molecule has 6 aromatic carbocycles.